The van der Waals surface area contributed by atoms with Gasteiger partial charge in [0.25, 0.3) is 0 Å². The molecule has 0 aromatic heterocycles. The van der Waals surface area contributed by atoms with Crippen LogP contribution in [0.2, 0.25) is 0 Å². The Morgan fingerprint density at radius 3 is 3.06 bits per heavy atom. The molecule has 0 saturated carbocycles. The van der Waals surface area contributed by atoms with Gasteiger partial charge in [-0.1, -0.05) is 23.4 Å². The minimum Gasteiger partial charge on any atom is -0.409 e. The van der Waals surface area contributed by atoms with Gasteiger partial charge in [0.1, 0.15) is 0 Å². The summed E-state index contributed by atoms with van der Waals surface area (Å²) in [5.41, 5.74) is 7.40. The highest BCUT2D eigenvalue weighted by atomic mass is 16.4. The van der Waals surface area contributed by atoms with Crippen LogP contribution in [-0.2, 0) is 6.54 Å². The number of hydrogen-bond acceptors (Lipinski definition) is 4. The van der Waals surface area contributed by atoms with Crippen molar-refractivity contribution in [3.8, 4) is 0 Å². The average Bonchev–Trinajstić information content (AvgIpc) is 2.85. The molecule has 5 nitrogen and oxygen atoms in total. The molecule has 1 saturated heterocycles. The predicted molar refractivity (Wildman–Crippen MR) is 69.5 cm³/mol. The first-order valence-corrected chi connectivity index (χ1v) is 6.16. The van der Waals surface area contributed by atoms with E-state index in [-0.39, 0.29) is 18.5 Å². The van der Waals surface area contributed by atoms with Gasteiger partial charge in [0.2, 0.25) is 0 Å². The molecule has 0 aliphatic carbocycles. The number of rotatable bonds is 4. The van der Waals surface area contributed by atoms with Crippen LogP contribution in [0.4, 0.5) is 0 Å². The van der Waals surface area contributed by atoms with E-state index in [0.717, 1.165) is 37.1 Å². The first-order chi connectivity index (χ1) is 8.74. The topological polar surface area (TPSA) is 82.1 Å². The summed E-state index contributed by atoms with van der Waals surface area (Å²) in [4.78, 5) is 2.27. The lowest BCUT2D eigenvalue weighted by molar-refractivity contribution is 0.153. The molecule has 4 N–H and O–H groups in total. The van der Waals surface area contributed by atoms with Crippen LogP contribution in [0.5, 0.6) is 0 Å². The lowest BCUT2D eigenvalue weighted by Gasteiger charge is -2.22. The van der Waals surface area contributed by atoms with Gasteiger partial charge in [-0.2, -0.15) is 0 Å². The molecule has 0 amide bonds. The second-order valence-electron chi connectivity index (χ2n) is 4.63. The van der Waals surface area contributed by atoms with Crippen molar-refractivity contribution in [3.63, 3.8) is 0 Å². The van der Waals surface area contributed by atoms with Gasteiger partial charge < -0.3 is 16.0 Å². The van der Waals surface area contributed by atoms with Crippen molar-refractivity contribution in [3.05, 3.63) is 35.4 Å². The van der Waals surface area contributed by atoms with Gasteiger partial charge in [0, 0.05) is 18.2 Å². The molecular weight excluding hydrogens is 230 g/mol. The standard InChI is InChI=1S/C13H19N3O2/c14-13(15-18)11-4-1-3-10(7-11)8-16-6-2-5-12(16)9-17/h1,3-4,7,12,17-18H,2,5-6,8-9H2,(H2,14,15). The molecule has 2 rings (SSSR count). The molecule has 1 atom stereocenters. The maximum atomic E-state index is 9.28. The van der Waals surface area contributed by atoms with Crippen molar-refractivity contribution >= 4 is 5.84 Å². The van der Waals surface area contributed by atoms with Crippen LogP contribution in [0.25, 0.3) is 0 Å². The molecule has 1 heterocycles. The fourth-order valence-corrected chi connectivity index (χ4v) is 2.43. The van der Waals surface area contributed by atoms with Crippen molar-refractivity contribution in [1.82, 2.24) is 4.90 Å². The lowest BCUT2D eigenvalue weighted by atomic mass is 10.1. The maximum absolute atomic E-state index is 9.28. The Labute approximate surface area is 107 Å². The second-order valence-corrected chi connectivity index (χ2v) is 4.63. The first kappa shape index (κ1) is 12.9. The summed E-state index contributed by atoms with van der Waals surface area (Å²) in [6.07, 6.45) is 2.18. The maximum Gasteiger partial charge on any atom is 0.170 e. The van der Waals surface area contributed by atoms with Gasteiger partial charge in [-0.3, -0.25) is 4.90 Å². The van der Waals surface area contributed by atoms with Crippen molar-refractivity contribution < 1.29 is 10.3 Å². The zero-order valence-corrected chi connectivity index (χ0v) is 10.3. The summed E-state index contributed by atoms with van der Waals surface area (Å²) in [7, 11) is 0. The highest BCUT2D eigenvalue weighted by molar-refractivity contribution is 5.97. The largest absolute Gasteiger partial charge is 0.409 e. The van der Waals surface area contributed by atoms with E-state index in [1.54, 1.807) is 0 Å². The number of nitrogens with zero attached hydrogens (tertiary/aromatic N) is 2. The Bertz CT molecular complexity index is 434. The zero-order valence-electron chi connectivity index (χ0n) is 10.3. The Morgan fingerprint density at radius 2 is 2.33 bits per heavy atom. The van der Waals surface area contributed by atoms with Gasteiger partial charge in [0.15, 0.2) is 5.84 Å². The SMILES string of the molecule is NC(=NO)c1cccc(CN2CCCC2CO)c1. The van der Waals surface area contributed by atoms with E-state index in [4.69, 9.17) is 10.9 Å². The molecule has 18 heavy (non-hydrogen) atoms. The first-order valence-electron chi connectivity index (χ1n) is 6.16. The number of likely N-dealkylation sites (tertiary alicyclic amines) is 1. The number of aliphatic hydroxyl groups is 1. The zero-order chi connectivity index (χ0) is 13.0. The number of benzene rings is 1. The van der Waals surface area contributed by atoms with Crippen molar-refractivity contribution in [2.75, 3.05) is 13.2 Å². The van der Waals surface area contributed by atoms with Crippen LogP contribution in [0.3, 0.4) is 0 Å². The third kappa shape index (κ3) is 2.80. The van der Waals surface area contributed by atoms with E-state index in [2.05, 4.69) is 10.1 Å². The molecule has 1 aromatic carbocycles. The van der Waals surface area contributed by atoms with Crippen LogP contribution in [-0.4, -0.2) is 40.2 Å². The Morgan fingerprint density at radius 1 is 1.50 bits per heavy atom. The van der Waals surface area contributed by atoms with E-state index >= 15 is 0 Å². The van der Waals surface area contributed by atoms with Crippen LogP contribution in [0.15, 0.2) is 29.4 Å². The molecule has 98 valence electrons. The normalized spacial score (nSPS) is 21.4. The fraction of sp³-hybridized carbons (Fsp3) is 0.462. The molecule has 0 bridgehead atoms. The summed E-state index contributed by atoms with van der Waals surface area (Å²) < 4.78 is 0. The van der Waals surface area contributed by atoms with E-state index in [1.165, 1.54) is 0 Å². The third-order valence-electron chi connectivity index (χ3n) is 3.43. The fourth-order valence-electron chi connectivity index (χ4n) is 2.43. The molecule has 0 radical (unpaired) electrons. The molecule has 1 aromatic rings. The minimum absolute atomic E-state index is 0.122. The molecule has 1 aliphatic rings. The highest BCUT2D eigenvalue weighted by Crippen LogP contribution is 2.19. The summed E-state index contributed by atoms with van der Waals surface area (Å²) in [6, 6.07) is 7.90. The van der Waals surface area contributed by atoms with Gasteiger partial charge in [0.05, 0.1) is 6.61 Å². The van der Waals surface area contributed by atoms with Crippen LogP contribution < -0.4 is 5.73 Å². The van der Waals surface area contributed by atoms with E-state index < -0.39 is 0 Å². The second kappa shape index (κ2) is 5.84. The summed E-state index contributed by atoms with van der Waals surface area (Å²) in [5, 5.41) is 20.9. The van der Waals surface area contributed by atoms with E-state index in [0.29, 0.717) is 0 Å². The van der Waals surface area contributed by atoms with E-state index in [9.17, 15) is 5.11 Å². The summed E-state index contributed by atoms with van der Waals surface area (Å²) >= 11 is 0. The number of oxime groups is 1. The summed E-state index contributed by atoms with van der Waals surface area (Å²) in [5.74, 6) is 0.122. The van der Waals surface area contributed by atoms with Crippen molar-refractivity contribution in [2.24, 2.45) is 10.9 Å². The number of hydrogen-bond donors (Lipinski definition) is 3. The number of aliphatic hydroxyl groups excluding tert-OH is 1. The van der Waals surface area contributed by atoms with E-state index in [1.807, 2.05) is 24.3 Å². The highest BCUT2D eigenvalue weighted by Gasteiger charge is 2.23. The molecule has 5 heteroatoms. The molecule has 0 spiro atoms. The summed E-state index contributed by atoms with van der Waals surface area (Å²) in [6.45, 7) is 2.01. The van der Waals surface area contributed by atoms with Crippen molar-refractivity contribution in [2.45, 2.75) is 25.4 Å². The van der Waals surface area contributed by atoms with Gasteiger partial charge in [-0.05, 0) is 31.0 Å². The monoisotopic (exact) mass is 249 g/mol. The third-order valence-corrected chi connectivity index (χ3v) is 3.43. The quantitative estimate of drug-likeness (QED) is 0.318. The predicted octanol–water partition coefficient (Wildman–Crippen LogP) is 0.738. The molecular formula is C13H19N3O2. The average molecular weight is 249 g/mol. The van der Waals surface area contributed by atoms with Crippen LogP contribution in [0.1, 0.15) is 24.0 Å². The number of nitrogens with two attached hydrogens (primary N) is 1. The molecule has 1 fully saturated rings. The van der Waals surface area contributed by atoms with Gasteiger partial charge >= 0.3 is 0 Å². The van der Waals surface area contributed by atoms with Gasteiger partial charge in [-0.15, -0.1) is 0 Å². The Kier molecular flexibility index (Phi) is 4.17. The molecule has 1 aliphatic heterocycles. The van der Waals surface area contributed by atoms with Crippen LogP contribution in [0, 0.1) is 0 Å². The Balaban J connectivity index is 2.10. The lowest BCUT2D eigenvalue weighted by Crippen LogP contribution is -2.31. The van der Waals surface area contributed by atoms with Crippen molar-refractivity contribution in [1.29, 1.82) is 0 Å². The number of amidine groups is 1. The van der Waals surface area contributed by atoms with Crippen LogP contribution >= 0.6 is 0 Å². The Hall–Kier alpha value is -1.59. The van der Waals surface area contributed by atoms with Gasteiger partial charge in [-0.25, -0.2) is 0 Å². The minimum atomic E-state index is 0.122. The smallest absolute Gasteiger partial charge is 0.170 e. The molecule has 1 unspecified atom stereocenters.